The molecule has 1 aromatic carbocycles. The van der Waals surface area contributed by atoms with Gasteiger partial charge >= 0.3 is 11.9 Å². The number of carboxylic acids is 2. The zero-order valence-corrected chi connectivity index (χ0v) is 7.30. The number of hydrogen-bond donors (Lipinski definition) is 2. The predicted molar refractivity (Wildman–Crippen MR) is 48.1 cm³/mol. The fourth-order valence-corrected chi connectivity index (χ4v) is 0.975. The Bertz CT molecular complexity index is 411. The van der Waals surface area contributed by atoms with Crippen LogP contribution in [-0.2, 0) is 4.79 Å². The molecule has 0 unspecified atom stereocenters. The highest BCUT2D eigenvalue weighted by Crippen LogP contribution is 2.17. The van der Waals surface area contributed by atoms with E-state index in [1.54, 1.807) is 0 Å². The van der Waals surface area contributed by atoms with Crippen LogP contribution in [0.2, 0.25) is 0 Å². The van der Waals surface area contributed by atoms with Gasteiger partial charge in [-0.05, 0) is 18.2 Å². The molecule has 0 atom stereocenters. The second-order valence-electron chi connectivity index (χ2n) is 2.58. The topological polar surface area (TPSA) is 104 Å². The standard InChI is InChI=1S/C9H5NO5/c11-4-10-7-2-5(8(12)13)1-6(3-7)9(14)15/h1-3H,(H,12,13)(H,14,15). The Balaban J connectivity index is 3.38. The van der Waals surface area contributed by atoms with Crippen LogP contribution >= 0.6 is 0 Å². The summed E-state index contributed by atoms with van der Waals surface area (Å²) in [5.41, 5.74) is -0.546. The highest BCUT2D eigenvalue weighted by atomic mass is 16.4. The lowest BCUT2D eigenvalue weighted by Gasteiger charge is -1.99. The third-order valence-corrected chi connectivity index (χ3v) is 1.59. The summed E-state index contributed by atoms with van der Waals surface area (Å²) in [7, 11) is 0. The molecule has 0 aliphatic rings. The van der Waals surface area contributed by atoms with Crippen molar-refractivity contribution in [3.05, 3.63) is 29.3 Å². The molecule has 0 bridgehead atoms. The normalized spacial score (nSPS) is 9.07. The molecule has 0 aliphatic heterocycles. The molecule has 1 aromatic rings. The van der Waals surface area contributed by atoms with Gasteiger partial charge in [0.1, 0.15) is 0 Å². The number of isocyanates is 1. The molecular weight excluding hydrogens is 202 g/mol. The monoisotopic (exact) mass is 207 g/mol. The predicted octanol–water partition coefficient (Wildman–Crippen LogP) is 1.05. The molecule has 0 saturated heterocycles. The first-order valence-electron chi connectivity index (χ1n) is 3.74. The Morgan fingerprint density at radius 3 is 1.87 bits per heavy atom. The average molecular weight is 207 g/mol. The van der Waals surface area contributed by atoms with Crippen molar-refractivity contribution in [2.75, 3.05) is 0 Å². The highest BCUT2D eigenvalue weighted by molar-refractivity contribution is 5.95. The van der Waals surface area contributed by atoms with Crippen molar-refractivity contribution in [2.45, 2.75) is 0 Å². The van der Waals surface area contributed by atoms with E-state index in [4.69, 9.17) is 10.2 Å². The van der Waals surface area contributed by atoms with Crippen LogP contribution in [0.5, 0.6) is 0 Å². The third-order valence-electron chi connectivity index (χ3n) is 1.59. The molecule has 6 heteroatoms. The number of aromatic carboxylic acids is 2. The van der Waals surface area contributed by atoms with Crippen LogP contribution in [0.3, 0.4) is 0 Å². The molecule has 6 nitrogen and oxygen atoms in total. The smallest absolute Gasteiger partial charge is 0.335 e. The van der Waals surface area contributed by atoms with Gasteiger partial charge in [-0.1, -0.05) is 0 Å². The molecule has 0 fully saturated rings. The summed E-state index contributed by atoms with van der Waals surface area (Å²) < 4.78 is 0. The fraction of sp³-hybridized carbons (Fsp3) is 0. The number of carbonyl (C=O) groups is 2. The minimum Gasteiger partial charge on any atom is -0.478 e. The van der Waals surface area contributed by atoms with Crippen molar-refractivity contribution >= 4 is 23.7 Å². The van der Waals surface area contributed by atoms with Crippen molar-refractivity contribution in [3.8, 4) is 0 Å². The number of rotatable bonds is 3. The number of nitrogens with zero attached hydrogens (tertiary/aromatic N) is 1. The van der Waals surface area contributed by atoms with Gasteiger partial charge in [0, 0.05) is 0 Å². The van der Waals surface area contributed by atoms with Gasteiger partial charge in [0.25, 0.3) is 0 Å². The number of aliphatic imine (C=N–C) groups is 1. The van der Waals surface area contributed by atoms with Gasteiger partial charge < -0.3 is 10.2 Å². The van der Waals surface area contributed by atoms with Crippen LogP contribution in [0.4, 0.5) is 5.69 Å². The minimum atomic E-state index is -1.29. The Morgan fingerprint density at radius 1 is 1.07 bits per heavy atom. The van der Waals surface area contributed by atoms with Crippen molar-refractivity contribution in [1.29, 1.82) is 0 Å². The summed E-state index contributed by atoms with van der Waals surface area (Å²) in [6.45, 7) is 0. The molecular formula is C9H5NO5. The van der Waals surface area contributed by atoms with E-state index in [1.807, 2.05) is 0 Å². The van der Waals surface area contributed by atoms with Crippen molar-refractivity contribution < 1.29 is 24.6 Å². The van der Waals surface area contributed by atoms with Crippen LogP contribution < -0.4 is 0 Å². The van der Waals surface area contributed by atoms with E-state index in [2.05, 4.69) is 4.99 Å². The Morgan fingerprint density at radius 2 is 1.53 bits per heavy atom. The summed E-state index contributed by atoms with van der Waals surface area (Å²) in [5, 5.41) is 17.3. The first-order chi connectivity index (χ1) is 7.04. The molecule has 2 N–H and O–H groups in total. The van der Waals surface area contributed by atoms with Gasteiger partial charge in [0.15, 0.2) is 0 Å². The maximum atomic E-state index is 10.6. The van der Waals surface area contributed by atoms with Crippen molar-refractivity contribution in [3.63, 3.8) is 0 Å². The summed E-state index contributed by atoms with van der Waals surface area (Å²) in [6, 6.07) is 3.15. The van der Waals surface area contributed by atoms with Gasteiger partial charge in [-0.2, -0.15) is 4.99 Å². The van der Waals surface area contributed by atoms with E-state index in [9.17, 15) is 14.4 Å². The van der Waals surface area contributed by atoms with E-state index in [0.29, 0.717) is 0 Å². The SMILES string of the molecule is O=C=Nc1cc(C(=O)O)cc(C(=O)O)c1. The van der Waals surface area contributed by atoms with Gasteiger partial charge in [-0.3, -0.25) is 0 Å². The number of carboxylic acid groups (broad SMARTS) is 2. The van der Waals surface area contributed by atoms with Crippen LogP contribution in [0.25, 0.3) is 0 Å². The number of benzene rings is 1. The van der Waals surface area contributed by atoms with E-state index in [0.717, 1.165) is 18.2 Å². The van der Waals surface area contributed by atoms with Crippen molar-refractivity contribution in [1.82, 2.24) is 0 Å². The molecule has 0 radical (unpaired) electrons. The molecule has 0 amide bonds. The zero-order chi connectivity index (χ0) is 11.4. The lowest BCUT2D eigenvalue weighted by molar-refractivity contribution is 0.0696. The Hall–Kier alpha value is -2.46. The summed E-state index contributed by atoms with van der Waals surface area (Å²) in [6.07, 6.45) is 1.21. The van der Waals surface area contributed by atoms with Gasteiger partial charge in [0.2, 0.25) is 6.08 Å². The first-order valence-corrected chi connectivity index (χ1v) is 3.74. The van der Waals surface area contributed by atoms with Crippen molar-refractivity contribution in [2.24, 2.45) is 4.99 Å². The van der Waals surface area contributed by atoms with Crippen LogP contribution in [0.15, 0.2) is 23.2 Å². The molecule has 15 heavy (non-hydrogen) atoms. The zero-order valence-electron chi connectivity index (χ0n) is 7.30. The number of carbonyl (C=O) groups excluding carboxylic acids is 1. The van der Waals surface area contributed by atoms with E-state index in [-0.39, 0.29) is 16.8 Å². The van der Waals surface area contributed by atoms with Gasteiger partial charge in [-0.15, -0.1) is 0 Å². The summed E-state index contributed by atoms with van der Waals surface area (Å²) in [4.78, 5) is 34.3. The molecule has 76 valence electrons. The van der Waals surface area contributed by atoms with E-state index in [1.165, 1.54) is 6.08 Å². The third kappa shape index (κ3) is 2.49. The van der Waals surface area contributed by atoms with Crippen LogP contribution in [0.1, 0.15) is 20.7 Å². The first kappa shape index (κ1) is 10.6. The average Bonchev–Trinajstić information content (AvgIpc) is 2.17. The maximum Gasteiger partial charge on any atom is 0.335 e. The van der Waals surface area contributed by atoms with Gasteiger partial charge in [0.05, 0.1) is 16.8 Å². The Kier molecular flexibility index (Phi) is 2.95. The molecule has 0 saturated carbocycles. The quantitative estimate of drug-likeness (QED) is 0.569. The fourth-order valence-electron chi connectivity index (χ4n) is 0.975. The van der Waals surface area contributed by atoms with Crippen LogP contribution in [0, 0.1) is 0 Å². The van der Waals surface area contributed by atoms with E-state index >= 15 is 0 Å². The molecule has 0 aliphatic carbocycles. The number of hydrogen-bond acceptors (Lipinski definition) is 4. The molecule has 0 heterocycles. The second-order valence-corrected chi connectivity index (χ2v) is 2.58. The summed E-state index contributed by atoms with van der Waals surface area (Å²) in [5.74, 6) is -2.58. The lowest BCUT2D eigenvalue weighted by atomic mass is 10.1. The summed E-state index contributed by atoms with van der Waals surface area (Å²) >= 11 is 0. The Labute approximate surface area is 83.5 Å². The minimum absolute atomic E-state index is 0.0534. The highest BCUT2D eigenvalue weighted by Gasteiger charge is 2.10. The molecule has 0 aromatic heterocycles. The maximum absolute atomic E-state index is 10.6. The van der Waals surface area contributed by atoms with Crippen LogP contribution in [-0.4, -0.2) is 28.2 Å². The molecule has 1 rings (SSSR count). The molecule has 0 spiro atoms. The van der Waals surface area contributed by atoms with E-state index < -0.39 is 11.9 Å². The largest absolute Gasteiger partial charge is 0.478 e. The lowest BCUT2D eigenvalue weighted by Crippen LogP contribution is -2.01. The van der Waals surface area contributed by atoms with Gasteiger partial charge in [-0.25, -0.2) is 14.4 Å². The second kappa shape index (κ2) is 4.17.